The summed E-state index contributed by atoms with van der Waals surface area (Å²) in [5, 5.41) is 2.93. The summed E-state index contributed by atoms with van der Waals surface area (Å²) in [5.41, 5.74) is 5.40. The SMILES string of the molecule is NC(=O)NCC1CCCN(C(=O)c2ccc(Cl)nc2Cl)C1. The van der Waals surface area contributed by atoms with Crippen LogP contribution in [0.3, 0.4) is 0 Å². The molecule has 0 bridgehead atoms. The number of piperidine rings is 1. The van der Waals surface area contributed by atoms with E-state index in [0.717, 1.165) is 12.8 Å². The van der Waals surface area contributed by atoms with E-state index >= 15 is 0 Å². The molecule has 1 aromatic rings. The second-order valence-electron chi connectivity index (χ2n) is 4.98. The Morgan fingerprint density at radius 1 is 1.43 bits per heavy atom. The maximum Gasteiger partial charge on any atom is 0.312 e. The molecule has 1 aliphatic heterocycles. The Morgan fingerprint density at radius 3 is 2.86 bits per heavy atom. The molecule has 6 nitrogen and oxygen atoms in total. The molecular formula is C13H16Cl2N4O2. The summed E-state index contributed by atoms with van der Waals surface area (Å²) in [6.07, 6.45) is 1.81. The van der Waals surface area contributed by atoms with Crippen LogP contribution in [-0.2, 0) is 0 Å². The number of carbonyl (C=O) groups excluding carboxylic acids is 2. The lowest BCUT2D eigenvalue weighted by Crippen LogP contribution is -2.44. The van der Waals surface area contributed by atoms with Crippen molar-refractivity contribution in [1.29, 1.82) is 0 Å². The number of likely N-dealkylation sites (tertiary alicyclic amines) is 1. The molecule has 1 saturated heterocycles. The summed E-state index contributed by atoms with van der Waals surface area (Å²) in [4.78, 5) is 28.8. The number of nitrogens with zero attached hydrogens (tertiary/aromatic N) is 2. The maximum absolute atomic E-state index is 12.5. The monoisotopic (exact) mass is 330 g/mol. The molecule has 2 heterocycles. The lowest BCUT2D eigenvalue weighted by atomic mass is 9.97. The van der Waals surface area contributed by atoms with Gasteiger partial charge in [-0.2, -0.15) is 0 Å². The number of amides is 3. The number of hydrogen-bond donors (Lipinski definition) is 2. The number of rotatable bonds is 3. The standard InChI is InChI=1S/C13H16Cl2N4O2/c14-10-4-3-9(11(15)18-10)12(20)19-5-1-2-8(7-19)6-17-13(16)21/h3-4,8H,1-2,5-7H2,(H3,16,17,21). The number of nitrogens with two attached hydrogens (primary N) is 1. The van der Waals surface area contributed by atoms with Crippen LogP contribution < -0.4 is 11.1 Å². The van der Waals surface area contributed by atoms with Gasteiger partial charge in [-0.1, -0.05) is 23.2 Å². The minimum absolute atomic E-state index is 0.102. The highest BCUT2D eigenvalue weighted by molar-refractivity contribution is 6.34. The first-order chi connectivity index (χ1) is 9.97. The van der Waals surface area contributed by atoms with E-state index < -0.39 is 6.03 Å². The Labute approximate surface area is 132 Å². The molecule has 3 N–H and O–H groups in total. The van der Waals surface area contributed by atoms with E-state index in [9.17, 15) is 9.59 Å². The lowest BCUT2D eigenvalue weighted by Gasteiger charge is -2.32. The van der Waals surface area contributed by atoms with Crippen LogP contribution in [0.2, 0.25) is 10.3 Å². The van der Waals surface area contributed by atoms with Crippen LogP contribution in [0, 0.1) is 5.92 Å². The summed E-state index contributed by atoms with van der Waals surface area (Å²) in [7, 11) is 0. The molecule has 1 fully saturated rings. The van der Waals surface area contributed by atoms with Gasteiger partial charge in [0.05, 0.1) is 5.56 Å². The van der Waals surface area contributed by atoms with Crippen molar-refractivity contribution in [3.63, 3.8) is 0 Å². The predicted octanol–water partition coefficient (Wildman–Crippen LogP) is 1.91. The second-order valence-corrected chi connectivity index (χ2v) is 5.72. The summed E-state index contributed by atoms with van der Waals surface area (Å²) < 4.78 is 0. The first-order valence-corrected chi connectivity index (χ1v) is 7.37. The largest absolute Gasteiger partial charge is 0.352 e. The molecule has 1 aliphatic rings. The molecule has 0 radical (unpaired) electrons. The topological polar surface area (TPSA) is 88.3 Å². The average molecular weight is 331 g/mol. The van der Waals surface area contributed by atoms with Gasteiger partial charge in [0.1, 0.15) is 10.3 Å². The van der Waals surface area contributed by atoms with E-state index in [1.807, 2.05) is 0 Å². The quantitative estimate of drug-likeness (QED) is 0.829. The molecule has 3 amide bonds. The fraction of sp³-hybridized carbons (Fsp3) is 0.462. The minimum Gasteiger partial charge on any atom is -0.352 e. The number of primary amides is 1. The van der Waals surface area contributed by atoms with Gasteiger partial charge in [-0.05, 0) is 30.9 Å². The minimum atomic E-state index is -0.552. The van der Waals surface area contributed by atoms with Crippen molar-refractivity contribution in [3.05, 3.63) is 28.0 Å². The summed E-state index contributed by atoms with van der Waals surface area (Å²) in [6.45, 7) is 1.68. The molecule has 8 heteroatoms. The van der Waals surface area contributed by atoms with Gasteiger partial charge in [-0.25, -0.2) is 9.78 Å². The summed E-state index contributed by atoms with van der Waals surface area (Å²) in [5.74, 6) is 0.0159. The fourth-order valence-electron chi connectivity index (χ4n) is 2.40. The van der Waals surface area contributed by atoms with Crippen molar-refractivity contribution >= 4 is 35.1 Å². The molecule has 0 aliphatic carbocycles. The van der Waals surface area contributed by atoms with Crippen molar-refractivity contribution in [3.8, 4) is 0 Å². The number of pyridine rings is 1. The number of carbonyl (C=O) groups is 2. The average Bonchev–Trinajstić information content (AvgIpc) is 2.45. The molecule has 1 unspecified atom stereocenters. The third-order valence-corrected chi connectivity index (χ3v) is 3.91. The number of urea groups is 1. The third-order valence-electron chi connectivity index (χ3n) is 3.42. The van der Waals surface area contributed by atoms with E-state index in [2.05, 4.69) is 10.3 Å². The molecule has 1 atom stereocenters. The molecule has 114 valence electrons. The van der Waals surface area contributed by atoms with Crippen LogP contribution in [0.25, 0.3) is 0 Å². The van der Waals surface area contributed by atoms with Gasteiger partial charge in [0.15, 0.2) is 0 Å². The molecule has 0 saturated carbocycles. The number of halogens is 2. The zero-order valence-electron chi connectivity index (χ0n) is 11.3. The van der Waals surface area contributed by atoms with E-state index in [1.54, 1.807) is 11.0 Å². The Morgan fingerprint density at radius 2 is 2.19 bits per heavy atom. The van der Waals surface area contributed by atoms with Crippen molar-refractivity contribution in [1.82, 2.24) is 15.2 Å². The zero-order chi connectivity index (χ0) is 15.4. The first-order valence-electron chi connectivity index (χ1n) is 6.62. The predicted molar refractivity (Wildman–Crippen MR) is 80.5 cm³/mol. The van der Waals surface area contributed by atoms with Crippen molar-refractivity contribution in [2.24, 2.45) is 11.7 Å². The Kier molecular flexibility index (Phi) is 5.25. The first kappa shape index (κ1) is 15.9. The lowest BCUT2D eigenvalue weighted by molar-refractivity contribution is 0.0675. The highest BCUT2D eigenvalue weighted by atomic mass is 35.5. The second kappa shape index (κ2) is 6.95. The van der Waals surface area contributed by atoms with E-state index in [4.69, 9.17) is 28.9 Å². The highest BCUT2D eigenvalue weighted by Gasteiger charge is 2.26. The summed E-state index contributed by atoms with van der Waals surface area (Å²) >= 11 is 11.7. The van der Waals surface area contributed by atoms with Gasteiger partial charge in [0, 0.05) is 19.6 Å². The van der Waals surface area contributed by atoms with Crippen molar-refractivity contribution in [2.45, 2.75) is 12.8 Å². The molecule has 1 aromatic heterocycles. The van der Waals surface area contributed by atoms with Crippen LogP contribution in [0.5, 0.6) is 0 Å². The summed E-state index contributed by atoms with van der Waals surface area (Å²) in [6, 6.07) is 2.56. The molecule has 2 rings (SSSR count). The van der Waals surface area contributed by atoms with E-state index in [0.29, 0.717) is 25.2 Å². The molecule has 21 heavy (non-hydrogen) atoms. The smallest absolute Gasteiger partial charge is 0.312 e. The van der Waals surface area contributed by atoms with Gasteiger partial charge in [-0.3, -0.25) is 4.79 Å². The van der Waals surface area contributed by atoms with Crippen LogP contribution in [0.15, 0.2) is 12.1 Å². The fourth-order valence-corrected chi connectivity index (χ4v) is 2.83. The van der Waals surface area contributed by atoms with E-state index in [1.165, 1.54) is 6.07 Å². The van der Waals surface area contributed by atoms with Crippen LogP contribution >= 0.6 is 23.2 Å². The molecular weight excluding hydrogens is 315 g/mol. The van der Waals surface area contributed by atoms with Crippen molar-refractivity contribution < 1.29 is 9.59 Å². The molecule has 0 spiro atoms. The Balaban J connectivity index is 2.03. The third kappa shape index (κ3) is 4.22. The van der Waals surface area contributed by atoms with Gasteiger partial charge < -0.3 is 16.0 Å². The van der Waals surface area contributed by atoms with Gasteiger partial charge in [0.25, 0.3) is 5.91 Å². The number of nitrogens with one attached hydrogen (secondary N) is 1. The Hall–Kier alpha value is -1.53. The van der Waals surface area contributed by atoms with E-state index in [-0.39, 0.29) is 22.1 Å². The highest BCUT2D eigenvalue weighted by Crippen LogP contribution is 2.22. The normalized spacial score (nSPS) is 18.4. The number of hydrogen-bond acceptors (Lipinski definition) is 3. The van der Waals surface area contributed by atoms with Gasteiger partial charge in [0.2, 0.25) is 0 Å². The van der Waals surface area contributed by atoms with Crippen molar-refractivity contribution in [2.75, 3.05) is 19.6 Å². The molecule has 0 aromatic carbocycles. The van der Waals surface area contributed by atoms with Gasteiger partial charge >= 0.3 is 6.03 Å². The van der Waals surface area contributed by atoms with Gasteiger partial charge in [-0.15, -0.1) is 0 Å². The zero-order valence-corrected chi connectivity index (χ0v) is 12.8. The van der Waals surface area contributed by atoms with Crippen LogP contribution in [0.4, 0.5) is 4.79 Å². The number of aromatic nitrogens is 1. The van der Waals surface area contributed by atoms with Crippen LogP contribution in [0.1, 0.15) is 23.2 Å². The Bertz CT molecular complexity index is 553. The maximum atomic E-state index is 12.5. The van der Waals surface area contributed by atoms with Crippen LogP contribution in [-0.4, -0.2) is 41.5 Å².